The van der Waals surface area contributed by atoms with Crippen molar-refractivity contribution in [3.63, 3.8) is 0 Å². The topological polar surface area (TPSA) is 106 Å². The Bertz CT molecular complexity index is 785. The number of rotatable bonds is 6. The molecule has 7 nitrogen and oxygen atoms in total. The number of benzene rings is 1. The van der Waals surface area contributed by atoms with Gasteiger partial charge in [0, 0.05) is 25.1 Å². The van der Waals surface area contributed by atoms with Crippen LogP contribution in [-0.4, -0.2) is 29.2 Å². The number of hydrogen-bond acceptors (Lipinski definition) is 4. The van der Waals surface area contributed by atoms with Gasteiger partial charge in [-0.05, 0) is 29.8 Å². The highest BCUT2D eigenvalue weighted by Crippen LogP contribution is 2.20. The van der Waals surface area contributed by atoms with Gasteiger partial charge in [0.1, 0.15) is 5.76 Å². The molecule has 1 aliphatic rings. The van der Waals surface area contributed by atoms with Crippen molar-refractivity contribution in [3.8, 4) is 0 Å². The van der Waals surface area contributed by atoms with Crippen molar-refractivity contribution in [2.24, 2.45) is 11.7 Å². The lowest BCUT2D eigenvalue weighted by molar-refractivity contribution is -0.129. The van der Waals surface area contributed by atoms with Crippen molar-refractivity contribution in [1.82, 2.24) is 10.2 Å². The molecule has 1 saturated heterocycles. The fourth-order valence-corrected chi connectivity index (χ4v) is 2.86. The summed E-state index contributed by atoms with van der Waals surface area (Å²) in [7, 11) is 0. The number of nitrogens with two attached hydrogens (primary N) is 1. The van der Waals surface area contributed by atoms with E-state index in [0.717, 1.165) is 5.56 Å². The second-order valence-corrected chi connectivity index (χ2v) is 6.04. The molecule has 130 valence electrons. The number of carbonyl (C=O) groups is 3. The van der Waals surface area contributed by atoms with Crippen LogP contribution in [0.3, 0.4) is 0 Å². The summed E-state index contributed by atoms with van der Waals surface area (Å²) in [5.41, 5.74) is 6.42. The Hall–Kier alpha value is -3.09. The van der Waals surface area contributed by atoms with E-state index in [1.165, 1.54) is 0 Å². The lowest BCUT2D eigenvalue weighted by atomic mass is 10.1. The molecule has 3 amide bonds. The molecule has 0 spiro atoms. The quantitative estimate of drug-likeness (QED) is 0.819. The zero-order valence-corrected chi connectivity index (χ0v) is 13.6. The van der Waals surface area contributed by atoms with Gasteiger partial charge in [0.15, 0.2) is 0 Å². The minimum Gasteiger partial charge on any atom is -0.467 e. The van der Waals surface area contributed by atoms with Crippen LogP contribution in [0.15, 0.2) is 47.1 Å². The van der Waals surface area contributed by atoms with Crippen molar-refractivity contribution in [1.29, 1.82) is 0 Å². The Morgan fingerprint density at radius 2 is 2.12 bits per heavy atom. The Kier molecular flexibility index (Phi) is 4.83. The number of carbonyl (C=O) groups excluding carboxylic acids is 3. The van der Waals surface area contributed by atoms with Gasteiger partial charge in [-0.1, -0.05) is 12.1 Å². The Balaban J connectivity index is 1.54. The normalized spacial score (nSPS) is 16.9. The van der Waals surface area contributed by atoms with Crippen LogP contribution in [0.5, 0.6) is 0 Å². The minimum absolute atomic E-state index is 0.0627. The van der Waals surface area contributed by atoms with Gasteiger partial charge >= 0.3 is 0 Å². The molecular formula is C18H19N3O4. The van der Waals surface area contributed by atoms with Gasteiger partial charge in [0.05, 0.1) is 18.7 Å². The number of amides is 3. The Morgan fingerprint density at radius 1 is 1.28 bits per heavy atom. The largest absolute Gasteiger partial charge is 0.467 e. The molecule has 25 heavy (non-hydrogen) atoms. The lowest BCUT2D eigenvalue weighted by Crippen LogP contribution is -2.32. The van der Waals surface area contributed by atoms with E-state index in [2.05, 4.69) is 5.32 Å². The maximum absolute atomic E-state index is 12.3. The van der Waals surface area contributed by atoms with E-state index in [-0.39, 0.29) is 30.7 Å². The molecule has 0 radical (unpaired) electrons. The summed E-state index contributed by atoms with van der Waals surface area (Å²) in [5.74, 6) is -0.449. The average Bonchev–Trinajstić information content (AvgIpc) is 3.23. The molecule has 1 aliphatic heterocycles. The number of nitrogens with one attached hydrogen (secondary N) is 1. The van der Waals surface area contributed by atoms with Gasteiger partial charge in [-0.25, -0.2) is 0 Å². The monoisotopic (exact) mass is 341 g/mol. The highest BCUT2D eigenvalue weighted by molar-refractivity contribution is 5.93. The Morgan fingerprint density at radius 3 is 2.84 bits per heavy atom. The van der Waals surface area contributed by atoms with Crippen molar-refractivity contribution < 1.29 is 18.8 Å². The second-order valence-electron chi connectivity index (χ2n) is 6.04. The van der Waals surface area contributed by atoms with Crippen molar-refractivity contribution in [3.05, 3.63) is 59.5 Å². The van der Waals surface area contributed by atoms with Crippen LogP contribution in [0, 0.1) is 5.92 Å². The van der Waals surface area contributed by atoms with Crippen LogP contribution in [0.25, 0.3) is 0 Å². The third-order valence-corrected chi connectivity index (χ3v) is 4.19. The highest BCUT2D eigenvalue weighted by Gasteiger charge is 2.34. The van der Waals surface area contributed by atoms with E-state index in [0.29, 0.717) is 24.4 Å². The number of furan rings is 1. The predicted molar refractivity (Wildman–Crippen MR) is 89.0 cm³/mol. The van der Waals surface area contributed by atoms with E-state index in [9.17, 15) is 14.4 Å². The summed E-state index contributed by atoms with van der Waals surface area (Å²) in [5, 5.41) is 2.81. The molecular weight excluding hydrogens is 322 g/mol. The van der Waals surface area contributed by atoms with E-state index < -0.39 is 5.91 Å². The third-order valence-electron chi connectivity index (χ3n) is 4.19. The number of likely N-dealkylation sites (tertiary alicyclic amines) is 1. The summed E-state index contributed by atoms with van der Waals surface area (Å²) in [6, 6.07) is 10.3. The van der Waals surface area contributed by atoms with Crippen LogP contribution in [0.2, 0.25) is 0 Å². The molecule has 2 heterocycles. The van der Waals surface area contributed by atoms with Gasteiger partial charge in [0.25, 0.3) is 0 Å². The summed E-state index contributed by atoms with van der Waals surface area (Å²) >= 11 is 0. The zero-order chi connectivity index (χ0) is 17.8. The molecule has 1 aromatic carbocycles. The summed E-state index contributed by atoms with van der Waals surface area (Å²) in [4.78, 5) is 37.2. The smallest absolute Gasteiger partial charge is 0.248 e. The van der Waals surface area contributed by atoms with Crippen LogP contribution in [-0.2, 0) is 22.7 Å². The van der Waals surface area contributed by atoms with E-state index in [4.69, 9.17) is 10.2 Å². The first-order valence-electron chi connectivity index (χ1n) is 7.99. The van der Waals surface area contributed by atoms with Crippen molar-refractivity contribution in [2.75, 3.05) is 6.54 Å². The molecule has 0 saturated carbocycles. The molecule has 7 heteroatoms. The first kappa shape index (κ1) is 16.8. The van der Waals surface area contributed by atoms with Gasteiger partial charge in [-0.3, -0.25) is 14.4 Å². The van der Waals surface area contributed by atoms with E-state index in [1.54, 1.807) is 47.6 Å². The van der Waals surface area contributed by atoms with Crippen LogP contribution in [0.1, 0.15) is 28.1 Å². The van der Waals surface area contributed by atoms with Gasteiger partial charge in [-0.15, -0.1) is 0 Å². The van der Waals surface area contributed by atoms with Crippen molar-refractivity contribution in [2.45, 2.75) is 19.5 Å². The Labute approximate surface area is 144 Å². The van der Waals surface area contributed by atoms with Crippen LogP contribution in [0.4, 0.5) is 0 Å². The maximum atomic E-state index is 12.3. The molecule has 0 aliphatic carbocycles. The van der Waals surface area contributed by atoms with E-state index >= 15 is 0 Å². The molecule has 1 unspecified atom stereocenters. The van der Waals surface area contributed by atoms with Crippen molar-refractivity contribution >= 4 is 17.7 Å². The maximum Gasteiger partial charge on any atom is 0.248 e. The van der Waals surface area contributed by atoms with Gasteiger partial charge in [-0.2, -0.15) is 0 Å². The summed E-state index contributed by atoms with van der Waals surface area (Å²) in [6.45, 7) is 1.02. The van der Waals surface area contributed by atoms with Gasteiger partial charge in [0.2, 0.25) is 17.7 Å². The number of primary amides is 1. The second kappa shape index (κ2) is 7.21. The molecule has 3 N–H and O–H groups in total. The number of nitrogens with zero attached hydrogens (tertiary/aromatic N) is 1. The summed E-state index contributed by atoms with van der Waals surface area (Å²) < 4.78 is 5.24. The van der Waals surface area contributed by atoms with E-state index in [1.807, 2.05) is 0 Å². The third kappa shape index (κ3) is 4.06. The number of hydrogen-bond donors (Lipinski definition) is 2. The summed E-state index contributed by atoms with van der Waals surface area (Å²) in [6.07, 6.45) is 1.74. The minimum atomic E-state index is -0.511. The molecule has 2 aromatic rings. The predicted octanol–water partition coefficient (Wildman–Crippen LogP) is 1.04. The standard InChI is InChI=1S/C18H19N3O4/c19-17(23)13-4-1-3-12(7-13)9-20-18(24)14-8-16(22)21(10-14)11-15-5-2-6-25-15/h1-7,14H,8-11H2,(H2,19,23)(H,20,24). The molecule has 1 atom stereocenters. The fourth-order valence-electron chi connectivity index (χ4n) is 2.86. The first-order chi connectivity index (χ1) is 12.0. The molecule has 1 fully saturated rings. The highest BCUT2D eigenvalue weighted by atomic mass is 16.3. The first-order valence-corrected chi connectivity index (χ1v) is 7.99. The molecule has 1 aromatic heterocycles. The average molecular weight is 341 g/mol. The molecule has 3 rings (SSSR count). The fraction of sp³-hybridized carbons (Fsp3) is 0.278. The lowest BCUT2D eigenvalue weighted by Gasteiger charge is -2.15. The SMILES string of the molecule is NC(=O)c1cccc(CNC(=O)C2CC(=O)N(Cc3ccco3)C2)c1. The zero-order valence-electron chi connectivity index (χ0n) is 13.6. The van der Waals surface area contributed by atoms with Crippen LogP contribution < -0.4 is 11.1 Å². The molecule has 0 bridgehead atoms. The van der Waals surface area contributed by atoms with Gasteiger partial charge < -0.3 is 20.4 Å². The van der Waals surface area contributed by atoms with Crippen LogP contribution >= 0.6 is 0 Å².